The summed E-state index contributed by atoms with van der Waals surface area (Å²) < 4.78 is 30.6. The number of hydrogen-bond donors (Lipinski definition) is 1. The fourth-order valence-electron chi connectivity index (χ4n) is 3.89. The first kappa shape index (κ1) is 19.7. The molecule has 0 amide bonds. The molecule has 3 heterocycles. The van der Waals surface area contributed by atoms with E-state index < -0.39 is 9.84 Å². The molecule has 3 aromatic rings. The molecule has 1 saturated heterocycles. The van der Waals surface area contributed by atoms with E-state index in [4.69, 9.17) is 4.74 Å². The Morgan fingerprint density at radius 3 is 2.50 bits per heavy atom. The Hall–Kier alpha value is -2.22. The first-order valence-electron chi connectivity index (χ1n) is 10.3. The highest BCUT2D eigenvalue weighted by molar-refractivity contribution is 7.92. The van der Waals surface area contributed by atoms with Crippen LogP contribution in [-0.2, 0) is 14.6 Å². The molecule has 0 unspecified atom stereocenters. The zero-order chi connectivity index (χ0) is 20.6. The van der Waals surface area contributed by atoms with Crippen LogP contribution in [-0.4, -0.2) is 36.8 Å². The van der Waals surface area contributed by atoms with Crippen molar-refractivity contribution >= 4 is 26.7 Å². The van der Waals surface area contributed by atoms with Gasteiger partial charge in [0.1, 0.15) is 5.01 Å². The smallest absolute Gasteiger partial charge is 0.181 e. The van der Waals surface area contributed by atoms with Gasteiger partial charge in [-0.05, 0) is 61.4 Å². The van der Waals surface area contributed by atoms with Crippen LogP contribution in [0.2, 0.25) is 0 Å². The highest BCUT2D eigenvalue weighted by Gasteiger charge is 2.36. The highest BCUT2D eigenvalue weighted by atomic mass is 32.2. The molecule has 0 atom stereocenters. The molecule has 0 bridgehead atoms. The zero-order valence-electron chi connectivity index (χ0n) is 16.6. The van der Waals surface area contributed by atoms with Crippen LogP contribution in [0.3, 0.4) is 0 Å². The summed E-state index contributed by atoms with van der Waals surface area (Å²) in [6, 6.07) is 11.5. The largest absolute Gasteiger partial charge is 0.381 e. The van der Waals surface area contributed by atoms with Gasteiger partial charge in [-0.1, -0.05) is 18.2 Å². The number of hydrogen-bond acceptors (Lipinski definition) is 5. The summed E-state index contributed by atoms with van der Waals surface area (Å²) in [5.41, 5.74) is 4.12. The van der Waals surface area contributed by atoms with Crippen molar-refractivity contribution in [1.82, 2.24) is 9.97 Å². The molecule has 30 heavy (non-hydrogen) atoms. The lowest BCUT2D eigenvalue weighted by Crippen LogP contribution is -2.14. The van der Waals surface area contributed by atoms with E-state index in [-0.39, 0.29) is 5.25 Å². The quantitative estimate of drug-likeness (QED) is 0.590. The Bertz CT molecular complexity index is 1140. The summed E-state index contributed by atoms with van der Waals surface area (Å²) in [7, 11) is -3.18. The minimum absolute atomic E-state index is 0.190. The summed E-state index contributed by atoms with van der Waals surface area (Å²) in [5, 5.41) is 2.73. The second-order valence-electron chi connectivity index (χ2n) is 7.92. The van der Waals surface area contributed by atoms with Gasteiger partial charge in [0.05, 0.1) is 15.8 Å². The molecule has 1 aliphatic carbocycles. The highest BCUT2D eigenvalue weighted by Crippen LogP contribution is 2.35. The number of sulfone groups is 1. The van der Waals surface area contributed by atoms with E-state index in [9.17, 15) is 8.42 Å². The Balaban J connectivity index is 1.50. The number of H-pyrrole nitrogens is 1. The molecule has 0 radical (unpaired) electrons. The van der Waals surface area contributed by atoms with Crippen LogP contribution in [0.4, 0.5) is 0 Å². The third kappa shape index (κ3) is 4.02. The first-order valence-corrected chi connectivity index (χ1v) is 12.8. The molecule has 1 saturated carbocycles. The molecule has 2 aliphatic rings. The molecule has 2 aromatic heterocycles. The monoisotopic (exact) mass is 440 g/mol. The van der Waals surface area contributed by atoms with Gasteiger partial charge in [-0.25, -0.2) is 13.4 Å². The predicted octanol–water partition coefficient (Wildman–Crippen LogP) is 4.93. The average molecular weight is 441 g/mol. The van der Waals surface area contributed by atoms with Crippen molar-refractivity contribution in [3.05, 3.63) is 65.3 Å². The maximum absolute atomic E-state index is 12.6. The number of allylic oxidation sites excluding steroid dienone is 1. The van der Waals surface area contributed by atoms with Crippen LogP contribution < -0.4 is 0 Å². The molecule has 0 spiro atoms. The van der Waals surface area contributed by atoms with Crippen LogP contribution >= 0.6 is 11.3 Å². The Morgan fingerprint density at radius 1 is 1.07 bits per heavy atom. The number of aromatic amines is 1. The molecular formula is C23H24N2O3S2. The molecule has 1 N–H and O–H groups in total. The standard InChI is InChI=1S/C23H24N2O3S2/c26-30(27,19-5-6-19)18-3-1-17(2-4-18)20(15-16-9-12-28-13-10-16)21-7-8-22(25-21)23-24-11-14-29-23/h1-4,7-8,11,14-16,19,25H,5-6,9-10,12-13H2/b20-15+. The van der Waals surface area contributed by atoms with Gasteiger partial charge < -0.3 is 9.72 Å². The van der Waals surface area contributed by atoms with Crippen molar-refractivity contribution in [2.45, 2.75) is 35.8 Å². The van der Waals surface area contributed by atoms with Crippen molar-refractivity contribution in [1.29, 1.82) is 0 Å². The van der Waals surface area contributed by atoms with Gasteiger partial charge in [-0.2, -0.15) is 0 Å². The van der Waals surface area contributed by atoms with Crippen LogP contribution in [0.25, 0.3) is 16.3 Å². The Labute approximate surface area is 180 Å². The van der Waals surface area contributed by atoms with Crippen molar-refractivity contribution in [2.75, 3.05) is 13.2 Å². The number of ether oxygens (including phenoxy) is 1. The fourth-order valence-corrected chi connectivity index (χ4v) is 6.16. The molecule has 7 heteroatoms. The molecule has 1 aliphatic heterocycles. The number of benzene rings is 1. The Kier molecular flexibility index (Phi) is 5.35. The number of aromatic nitrogens is 2. The van der Waals surface area contributed by atoms with Gasteiger partial charge in [0.25, 0.3) is 0 Å². The summed E-state index contributed by atoms with van der Waals surface area (Å²) in [4.78, 5) is 8.33. The summed E-state index contributed by atoms with van der Waals surface area (Å²) in [6.45, 7) is 1.56. The number of rotatable bonds is 6. The van der Waals surface area contributed by atoms with E-state index in [0.717, 1.165) is 66.4 Å². The van der Waals surface area contributed by atoms with Crippen molar-refractivity contribution in [3.8, 4) is 10.7 Å². The lowest BCUT2D eigenvalue weighted by molar-refractivity contribution is 0.0786. The van der Waals surface area contributed by atoms with Crippen LogP contribution in [0, 0.1) is 5.92 Å². The van der Waals surface area contributed by atoms with Gasteiger partial charge in [0.15, 0.2) is 9.84 Å². The van der Waals surface area contributed by atoms with E-state index in [0.29, 0.717) is 10.8 Å². The molecule has 156 valence electrons. The molecule has 5 nitrogen and oxygen atoms in total. The minimum atomic E-state index is -3.18. The molecular weight excluding hydrogens is 416 g/mol. The maximum atomic E-state index is 12.6. The molecule has 2 fully saturated rings. The van der Waals surface area contributed by atoms with Gasteiger partial charge in [-0.3, -0.25) is 0 Å². The fraction of sp³-hybridized carbons (Fsp3) is 0.348. The Morgan fingerprint density at radius 2 is 1.83 bits per heavy atom. The van der Waals surface area contributed by atoms with Gasteiger partial charge >= 0.3 is 0 Å². The van der Waals surface area contributed by atoms with Crippen LogP contribution in [0.1, 0.15) is 36.9 Å². The van der Waals surface area contributed by atoms with E-state index in [2.05, 4.69) is 28.2 Å². The van der Waals surface area contributed by atoms with E-state index in [1.165, 1.54) is 0 Å². The van der Waals surface area contributed by atoms with Gasteiger partial charge in [-0.15, -0.1) is 11.3 Å². The maximum Gasteiger partial charge on any atom is 0.181 e. The third-order valence-corrected chi connectivity index (χ3v) is 8.85. The lowest BCUT2D eigenvalue weighted by atomic mass is 9.93. The second kappa shape index (κ2) is 8.13. The van der Waals surface area contributed by atoms with E-state index >= 15 is 0 Å². The predicted molar refractivity (Wildman–Crippen MR) is 119 cm³/mol. The van der Waals surface area contributed by atoms with Crippen molar-refractivity contribution in [2.24, 2.45) is 5.92 Å². The lowest BCUT2D eigenvalue weighted by Gasteiger charge is -2.20. The topological polar surface area (TPSA) is 72.1 Å². The van der Waals surface area contributed by atoms with Gasteiger partial charge in [0.2, 0.25) is 0 Å². The van der Waals surface area contributed by atoms with Gasteiger partial charge in [0, 0.05) is 36.1 Å². The van der Waals surface area contributed by atoms with E-state index in [1.54, 1.807) is 29.7 Å². The second-order valence-corrected chi connectivity index (χ2v) is 11.0. The number of nitrogens with zero attached hydrogens (tertiary/aromatic N) is 1. The molecule has 1 aromatic carbocycles. The molecule has 5 rings (SSSR count). The summed E-state index contributed by atoms with van der Waals surface area (Å²) >= 11 is 1.60. The number of thiazole rings is 1. The van der Waals surface area contributed by atoms with E-state index in [1.807, 2.05) is 17.5 Å². The average Bonchev–Trinajstić information content (AvgIpc) is 3.29. The van der Waals surface area contributed by atoms with Crippen LogP contribution in [0.15, 0.2) is 58.9 Å². The van der Waals surface area contributed by atoms with Crippen LogP contribution in [0.5, 0.6) is 0 Å². The first-order chi connectivity index (χ1) is 14.6. The minimum Gasteiger partial charge on any atom is -0.381 e. The normalized spacial score (nSPS) is 18.6. The van der Waals surface area contributed by atoms with Crippen molar-refractivity contribution in [3.63, 3.8) is 0 Å². The van der Waals surface area contributed by atoms with Crippen molar-refractivity contribution < 1.29 is 13.2 Å². The zero-order valence-corrected chi connectivity index (χ0v) is 18.2. The summed E-state index contributed by atoms with van der Waals surface area (Å²) in [6.07, 6.45) is 7.67. The number of nitrogens with one attached hydrogen (secondary N) is 1. The third-order valence-electron chi connectivity index (χ3n) is 5.76. The summed E-state index contributed by atoms with van der Waals surface area (Å²) in [5.74, 6) is 0.440. The SMILES string of the molecule is O=S(=O)(c1ccc(/C(=C\C2CCOCC2)c2ccc(-c3nccs3)[nH]2)cc1)C1CC1.